The second kappa shape index (κ2) is 11.5. The van der Waals surface area contributed by atoms with E-state index in [1.165, 1.54) is 18.2 Å². The molecule has 0 bridgehead atoms. The number of nitrogens with zero attached hydrogens (tertiary/aromatic N) is 2. The van der Waals surface area contributed by atoms with Crippen molar-refractivity contribution in [3.8, 4) is 5.75 Å². The van der Waals surface area contributed by atoms with Gasteiger partial charge in [0.2, 0.25) is 11.5 Å². The van der Waals surface area contributed by atoms with Gasteiger partial charge in [0.15, 0.2) is 0 Å². The molecule has 0 saturated carbocycles. The van der Waals surface area contributed by atoms with Crippen LogP contribution >= 0.6 is 0 Å². The number of carbonyl (C=O) groups is 2. The lowest BCUT2D eigenvalue weighted by atomic mass is 9.93. The first-order chi connectivity index (χ1) is 19.8. The van der Waals surface area contributed by atoms with Crippen LogP contribution in [0.4, 0.5) is 33.7 Å². The smallest absolute Gasteiger partial charge is 0.427 e. The summed E-state index contributed by atoms with van der Waals surface area (Å²) < 4.78 is 92.0. The summed E-state index contributed by atoms with van der Waals surface area (Å²) in [6.07, 6.45) is -6.39. The van der Waals surface area contributed by atoms with Gasteiger partial charge in [-0.2, -0.15) is 13.2 Å². The number of hydrogen-bond donors (Lipinski definition) is 2. The maximum absolute atomic E-state index is 13.7. The van der Waals surface area contributed by atoms with Gasteiger partial charge in [0, 0.05) is 17.8 Å². The van der Waals surface area contributed by atoms with Crippen LogP contribution in [0.5, 0.6) is 5.75 Å². The molecule has 2 amide bonds. The van der Waals surface area contributed by atoms with Crippen LogP contribution in [0.3, 0.4) is 0 Å². The van der Waals surface area contributed by atoms with E-state index in [0.29, 0.717) is 20.3 Å². The van der Waals surface area contributed by atoms with Crippen LogP contribution < -0.4 is 19.7 Å². The number of anilines is 2. The van der Waals surface area contributed by atoms with Crippen molar-refractivity contribution in [2.75, 3.05) is 29.3 Å². The molecule has 2 aliphatic heterocycles. The van der Waals surface area contributed by atoms with Crippen LogP contribution in [0.15, 0.2) is 47.4 Å². The Labute approximate surface area is 247 Å². The van der Waals surface area contributed by atoms with Gasteiger partial charge in [0.1, 0.15) is 17.7 Å². The topological polar surface area (TPSA) is 117 Å². The number of halogens is 4. The Morgan fingerprint density at radius 2 is 1.70 bits per heavy atom. The minimum Gasteiger partial charge on any atom is -0.484 e. The Bertz CT molecular complexity index is 1480. The fourth-order valence-electron chi connectivity index (χ4n) is 4.69. The molecule has 2 N–H and O–H groups in total. The van der Waals surface area contributed by atoms with Crippen molar-refractivity contribution in [2.45, 2.75) is 75.4 Å². The van der Waals surface area contributed by atoms with Crippen LogP contribution in [0, 0.1) is 5.82 Å². The molecule has 43 heavy (non-hydrogen) atoms. The highest BCUT2D eigenvalue weighted by Crippen LogP contribution is 2.39. The van der Waals surface area contributed by atoms with E-state index in [2.05, 4.69) is 20.3 Å². The minimum absolute atomic E-state index is 0.0267. The van der Waals surface area contributed by atoms with Crippen molar-refractivity contribution in [1.82, 2.24) is 10.2 Å². The molecule has 1 saturated heterocycles. The molecule has 2 atom stereocenters. The molecule has 4 rings (SSSR count). The molecule has 10 nitrogen and oxygen atoms in total. The van der Waals surface area contributed by atoms with Crippen molar-refractivity contribution in [2.24, 2.45) is 0 Å². The van der Waals surface area contributed by atoms with Crippen LogP contribution in [0.2, 0.25) is 0 Å². The summed E-state index contributed by atoms with van der Waals surface area (Å²) in [6.45, 7) is 7.87. The average molecular weight is 631 g/mol. The van der Waals surface area contributed by atoms with Crippen molar-refractivity contribution < 1.29 is 45.0 Å². The molecule has 2 heterocycles. The third kappa shape index (κ3) is 6.98. The molecule has 15 heteroatoms. The third-order valence-corrected chi connectivity index (χ3v) is 9.05. The van der Waals surface area contributed by atoms with Crippen LogP contribution in [-0.4, -0.2) is 74.4 Å². The van der Waals surface area contributed by atoms with Gasteiger partial charge in [-0.1, -0.05) is 0 Å². The van der Waals surface area contributed by atoms with Crippen LogP contribution in [-0.2, 0) is 19.6 Å². The molecule has 2 aromatic rings. The maximum Gasteiger partial charge on any atom is 0.427 e. The summed E-state index contributed by atoms with van der Waals surface area (Å²) >= 11 is 0. The van der Waals surface area contributed by atoms with E-state index in [4.69, 9.17) is 4.74 Å². The number of amides is 2. The Kier molecular flexibility index (Phi) is 8.64. The number of likely N-dealkylation sites (tertiary alicyclic amines) is 1. The van der Waals surface area contributed by atoms with E-state index >= 15 is 0 Å². The fraction of sp³-hybridized carbons (Fsp3) is 0.500. The quantitative estimate of drug-likeness (QED) is 0.428. The van der Waals surface area contributed by atoms with Crippen molar-refractivity contribution in [3.05, 3.63) is 48.3 Å². The Hall–Kier alpha value is -3.59. The number of hydrogen-bond acceptors (Lipinski definition) is 7. The highest BCUT2D eigenvalue weighted by molar-refractivity contribution is 7.92. The van der Waals surface area contributed by atoms with Gasteiger partial charge in [0.25, 0.3) is 10.0 Å². The molecule has 0 spiro atoms. The van der Waals surface area contributed by atoms with E-state index < -0.39 is 39.8 Å². The Balaban J connectivity index is 1.58. The average Bonchev–Trinajstić information content (AvgIpc) is 2.84. The summed E-state index contributed by atoms with van der Waals surface area (Å²) in [4.78, 5) is 27.0. The number of benzene rings is 2. The highest BCUT2D eigenvalue weighted by atomic mass is 32.2. The first-order valence-electron chi connectivity index (χ1n) is 13.5. The van der Waals surface area contributed by atoms with Gasteiger partial charge in [-0.15, -0.1) is 0 Å². The third-order valence-electron chi connectivity index (χ3n) is 7.26. The van der Waals surface area contributed by atoms with Crippen LogP contribution in [0.1, 0.15) is 41.0 Å². The normalized spacial score (nSPS) is 19.5. The standard InChI is InChI=1S/C28H34F4N4O6S/c1-26(2,3)35-13-12-21(35)24(37)33-15-19-16-36(43(39,40)20-9-6-17(29)7-10-20)22-14-18(8-11-23(22)41-19)34-25(38)42-27(4,5)28(30,31)32/h6-11,14,19,21H,12-13,15-16H2,1-5H3,(H,33,37)(H,34,38). The molecule has 0 radical (unpaired) electrons. The lowest BCUT2D eigenvalue weighted by molar-refractivity contribution is -0.242. The zero-order valence-electron chi connectivity index (χ0n) is 24.3. The molecule has 2 aromatic carbocycles. The van der Waals surface area contributed by atoms with Crippen molar-refractivity contribution >= 4 is 33.4 Å². The number of ether oxygens (including phenoxy) is 2. The zero-order valence-corrected chi connectivity index (χ0v) is 25.1. The number of fused-ring (bicyclic) bond motifs is 1. The first kappa shape index (κ1) is 32.3. The second-order valence-electron chi connectivity index (χ2n) is 11.8. The van der Waals surface area contributed by atoms with E-state index in [9.17, 15) is 35.6 Å². The Morgan fingerprint density at radius 3 is 2.26 bits per heavy atom. The molecule has 2 unspecified atom stereocenters. The predicted octanol–water partition coefficient (Wildman–Crippen LogP) is 4.66. The molecule has 0 aromatic heterocycles. The Morgan fingerprint density at radius 1 is 1.05 bits per heavy atom. The van der Waals surface area contributed by atoms with Crippen molar-refractivity contribution in [1.29, 1.82) is 0 Å². The zero-order chi connectivity index (χ0) is 32.0. The second-order valence-corrected chi connectivity index (χ2v) is 13.7. The lowest BCUT2D eigenvalue weighted by Gasteiger charge is -2.48. The van der Waals surface area contributed by atoms with Crippen LogP contribution in [0.25, 0.3) is 0 Å². The maximum atomic E-state index is 13.7. The molecular weight excluding hydrogens is 596 g/mol. The van der Waals surface area contributed by atoms with Crippen molar-refractivity contribution in [3.63, 3.8) is 0 Å². The minimum atomic E-state index is -4.83. The summed E-state index contributed by atoms with van der Waals surface area (Å²) in [6, 6.07) is 7.69. The molecule has 1 fully saturated rings. The SMILES string of the molecule is CC(C)(C)N1CCC1C(=O)NCC1CN(S(=O)(=O)c2ccc(F)cc2)c2cc(NC(=O)OC(C)(C)C(F)(F)F)ccc2O1. The fourth-order valence-corrected chi connectivity index (χ4v) is 6.18. The van der Waals surface area contributed by atoms with Gasteiger partial charge in [0.05, 0.1) is 29.7 Å². The van der Waals surface area contributed by atoms with Gasteiger partial charge < -0.3 is 14.8 Å². The number of carbonyl (C=O) groups excluding carboxylic acids is 2. The predicted molar refractivity (Wildman–Crippen MR) is 150 cm³/mol. The number of rotatable bonds is 7. The number of sulfonamides is 1. The summed E-state index contributed by atoms with van der Waals surface area (Å²) in [5.74, 6) is -0.789. The molecule has 0 aliphatic carbocycles. The van der Waals surface area contributed by atoms with E-state index in [1.54, 1.807) is 0 Å². The van der Waals surface area contributed by atoms with Gasteiger partial charge in [-0.25, -0.2) is 17.6 Å². The molecule has 236 valence electrons. The number of alkyl halides is 3. The number of nitrogens with one attached hydrogen (secondary N) is 2. The first-order valence-corrected chi connectivity index (χ1v) is 14.9. The highest BCUT2D eigenvalue weighted by Gasteiger charge is 2.51. The molecule has 2 aliphatic rings. The van der Waals surface area contributed by atoms with Gasteiger partial charge in [-0.3, -0.25) is 19.3 Å². The summed E-state index contributed by atoms with van der Waals surface area (Å²) in [5.41, 5.74) is -3.09. The van der Waals surface area contributed by atoms with E-state index in [-0.39, 0.29) is 52.6 Å². The van der Waals surface area contributed by atoms with Gasteiger partial charge in [-0.05, 0) is 83.5 Å². The largest absolute Gasteiger partial charge is 0.484 e. The monoisotopic (exact) mass is 630 g/mol. The van der Waals surface area contributed by atoms with Gasteiger partial charge >= 0.3 is 12.3 Å². The van der Waals surface area contributed by atoms with E-state index in [1.807, 2.05) is 20.8 Å². The molecular formula is C28H34F4N4O6S. The summed E-state index contributed by atoms with van der Waals surface area (Å²) in [7, 11) is -4.32. The van der Waals surface area contributed by atoms with E-state index in [0.717, 1.165) is 35.1 Å². The lowest BCUT2D eigenvalue weighted by Crippen LogP contribution is -2.63. The summed E-state index contributed by atoms with van der Waals surface area (Å²) in [5, 5.41) is 5.02.